The number of hydrogen-bond donors (Lipinski definition) is 0. The summed E-state index contributed by atoms with van der Waals surface area (Å²) in [5, 5.41) is 10.5. The van der Waals surface area contributed by atoms with Crippen molar-refractivity contribution in [3.8, 4) is 11.6 Å². The number of rotatable bonds is 3. The minimum absolute atomic E-state index is 0.179. The zero-order valence-electron chi connectivity index (χ0n) is 8.41. The third-order valence-electron chi connectivity index (χ3n) is 1.88. The van der Waals surface area contributed by atoms with Crippen molar-refractivity contribution in [2.45, 2.75) is 0 Å². The molecule has 0 spiro atoms. The number of aromatic nitrogens is 2. The molecule has 0 N–H and O–H groups in total. The first-order chi connectivity index (χ1) is 8.18. The Hall–Kier alpha value is -2.21. The van der Waals surface area contributed by atoms with Gasteiger partial charge in [0.2, 0.25) is 5.15 Å². The molecule has 0 aliphatic rings. The fourth-order valence-electron chi connectivity index (χ4n) is 1.17. The summed E-state index contributed by atoms with van der Waals surface area (Å²) in [5.74, 6) is 0.256. The van der Waals surface area contributed by atoms with Gasteiger partial charge < -0.3 is 4.74 Å². The van der Waals surface area contributed by atoms with E-state index in [0.717, 1.165) is 6.33 Å². The fraction of sp³-hybridized carbons (Fsp3) is 0. The molecule has 86 valence electrons. The monoisotopic (exact) mass is 251 g/mol. The lowest BCUT2D eigenvalue weighted by molar-refractivity contribution is -0.386. The van der Waals surface area contributed by atoms with Crippen molar-refractivity contribution >= 4 is 17.3 Å². The molecule has 0 aliphatic heterocycles. The maximum Gasteiger partial charge on any atom is 0.368 e. The molecule has 6 nitrogen and oxygen atoms in total. The average Bonchev–Trinajstić information content (AvgIpc) is 2.30. The van der Waals surface area contributed by atoms with Gasteiger partial charge in [0.25, 0.3) is 0 Å². The molecule has 1 aromatic heterocycles. The van der Waals surface area contributed by atoms with Crippen LogP contribution >= 0.6 is 11.6 Å². The number of ether oxygens (including phenoxy) is 1. The van der Waals surface area contributed by atoms with E-state index in [4.69, 9.17) is 16.3 Å². The number of para-hydroxylation sites is 1. The maximum absolute atomic E-state index is 10.8. The van der Waals surface area contributed by atoms with E-state index >= 15 is 0 Å². The molecule has 0 bridgehead atoms. The predicted molar refractivity (Wildman–Crippen MR) is 60.2 cm³/mol. The fourth-order valence-corrected chi connectivity index (χ4v) is 1.36. The molecule has 2 rings (SSSR count). The summed E-state index contributed by atoms with van der Waals surface area (Å²) in [6.07, 6.45) is 1.10. The van der Waals surface area contributed by atoms with Crippen molar-refractivity contribution in [3.05, 3.63) is 51.9 Å². The lowest BCUT2D eigenvalue weighted by Gasteiger charge is -2.04. The highest BCUT2D eigenvalue weighted by molar-refractivity contribution is 6.31. The topological polar surface area (TPSA) is 78.2 Å². The summed E-state index contributed by atoms with van der Waals surface area (Å²) in [4.78, 5) is 17.3. The quantitative estimate of drug-likeness (QED) is 0.476. The average molecular weight is 252 g/mol. The Morgan fingerprint density at radius 1 is 1.24 bits per heavy atom. The van der Waals surface area contributed by atoms with Gasteiger partial charge in [-0.1, -0.05) is 29.8 Å². The zero-order chi connectivity index (χ0) is 12.3. The molecule has 0 radical (unpaired) electrons. The molecule has 0 fully saturated rings. The number of hydrogen-bond acceptors (Lipinski definition) is 5. The van der Waals surface area contributed by atoms with Gasteiger partial charge in [0.05, 0.1) is 4.92 Å². The van der Waals surface area contributed by atoms with Crippen molar-refractivity contribution in [3.63, 3.8) is 0 Å². The highest BCUT2D eigenvalue weighted by atomic mass is 35.5. The van der Waals surface area contributed by atoms with Gasteiger partial charge in [-0.3, -0.25) is 10.1 Å². The summed E-state index contributed by atoms with van der Waals surface area (Å²) in [7, 11) is 0. The Balaban J connectivity index is 2.40. The zero-order valence-corrected chi connectivity index (χ0v) is 9.16. The minimum atomic E-state index is -0.680. The van der Waals surface area contributed by atoms with Crippen molar-refractivity contribution in [1.29, 1.82) is 0 Å². The van der Waals surface area contributed by atoms with Gasteiger partial charge in [0.15, 0.2) is 0 Å². The number of halogens is 1. The van der Waals surface area contributed by atoms with E-state index in [9.17, 15) is 10.1 Å². The van der Waals surface area contributed by atoms with Gasteiger partial charge in [-0.2, -0.15) is 4.98 Å². The third kappa shape index (κ3) is 2.48. The molecule has 0 saturated carbocycles. The summed E-state index contributed by atoms with van der Waals surface area (Å²) in [5.41, 5.74) is -0.446. The number of nitrogens with zero attached hydrogens (tertiary/aromatic N) is 3. The van der Waals surface area contributed by atoms with E-state index in [2.05, 4.69) is 9.97 Å². The molecule has 0 amide bonds. The molecule has 0 atom stereocenters. The molecule has 7 heteroatoms. The molecular weight excluding hydrogens is 246 g/mol. The van der Waals surface area contributed by atoms with Crippen LogP contribution in [0.5, 0.6) is 11.6 Å². The van der Waals surface area contributed by atoms with Gasteiger partial charge >= 0.3 is 11.6 Å². The Morgan fingerprint density at radius 2 is 1.94 bits per heavy atom. The van der Waals surface area contributed by atoms with Gasteiger partial charge in [0, 0.05) is 0 Å². The minimum Gasteiger partial charge on any atom is -0.434 e. The third-order valence-corrected chi connectivity index (χ3v) is 2.16. The first kappa shape index (κ1) is 11.3. The van der Waals surface area contributed by atoms with E-state index in [1.54, 1.807) is 30.3 Å². The van der Waals surface area contributed by atoms with Crippen molar-refractivity contribution in [2.75, 3.05) is 0 Å². The van der Waals surface area contributed by atoms with Gasteiger partial charge in [-0.25, -0.2) is 4.98 Å². The molecule has 0 aliphatic carbocycles. The van der Waals surface area contributed by atoms with Crippen LogP contribution in [-0.2, 0) is 0 Å². The van der Waals surface area contributed by atoms with Gasteiger partial charge in [-0.15, -0.1) is 0 Å². The van der Waals surface area contributed by atoms with Crippen molar-refractivity contribution in [2.24, 2.45) is 0 Å². The second kappa shape index (κ2) is 4.75. The molecule has 17 heavy (non-hydrogen) atoms. The van der Waals surface area contributed by atoms with Crippen LogP contribution in [0.25, 0.3) is 0 Å². The smallest absolute Gasteiger partial charge is 0.368 e. The highest BCUT2D eigenvalue weighted by Gasteiger charge is 2.23. The normalized spacial score (nSPS) is 9.94. The van der Waals surface area contributed by atoms with Crippen molar-refractivity contribution < 1.29 is 9.66 Å². The molecule has 2 aromatic rings. The summed E-state index contributed by atoms with van der Waals surface area (Å²) >= 11 is 5.62. The summed E-state index contributed by atoms with van der Waals surface area (Å²) in [6.45, 7) is 0. The van der Waals surface area contributed by atoms with E-state index in [1.165, 1.54) is 0 Å². The Kier molecular flexibility index (Phi) is 3.15. The Labute approximate surface area is 101 Å². The lowest BCUT2D eigenvalue weighted by Crippen LogP contribution is -1.98. The number of nitro groups is 1. The Bertz CT molecular complexity index is 548. The van der Waals surface area contributed by atoms with Gasteiger partial charge in [0.1, 0.15) is 12.1 Å². The Morgan fingerprint density at radius 3 is 2.59 bits per heavy atom. The number of benzene rings is 1. The van der Waals surface area contributed by atoms with Crippen LogP contribution in [0.1, 0.15) is 0 Å². The van der Waals surface area contributed by atoms with Crippen LogP contribution < -0.4 is 4.74 Å². The van der Waals surface area contributed by atoms with E-state index in [1.807, 2.05) is 0 Å². The standard InChI is InChI=1S/C10H6ClN3O3/c11-9-8(14(15)16)10(13-6-12-9)17-7-4-2-1-3-5-7/h1-6H. The molecule has 0 unspecified atom stereocenters. The SMILES string of the molecule is O=[N+]([O-])c1c(Cl)ncnc1Oc1ccccc1. The first-order valence-electron chi connectivity index (χ1n) is 4.56. The van der Waals surface area contributed by atoms with Gasteiger partial charge in [-0.05, 0) is 12.1 Å². The molecular formula is C10H6ClN3O3. The summed E-state index contributed by atoms with van der Waals surface area (Å²) in [6, 6.07) is 8.58. The second-order valence-corrected chi connectivity index (χ2v) is 3.35. The maximum atomic E-state index is 10.8. The van der Waals surface area contributed by atoms with Crippen molar-refractivity contribution in [1.82, 2.24) is 9.97 Å². The molecule has 1 heterocycles. The van der Waals surface area contributed by atoms with E-state index in [-0.39, 0.29) is 11.0 Å². The summed E-state index contributed by atoms with van der Waals surface area (Å²) < 4.78 is 5.27. The van der Waals surface area contributed by atoms with Crippen LogP contribution in [0.4, 0.5) is 5.69 Å². The van der Waals surface area contributed by atoms with Crippen LogP contribution in [-0.4, -0.2) is 14.9 Å². The molecule has 1 aromatic carbocycles. The lowest BCUT2D eigenvalue weighted by atomic mass is 10.3. The van der Waals surface area contributed by atoms with Crippen LogP contribution in [0.3, 0.4) is 0 Å². The van der Waals surface area contributed by atoms with E-state index < -0.39 is 10.6 Å². The predicted octanol–water partition coefficient (Wildman–Crippen LogP) is 2.83. The largest absolute Gasteiger partial charge is 0.434 e. The first-order valence-corrected chi connectivity index (χ1v) is 4.94. The van der Waals surface area contributed by atoms with Crippen LogP contribution in [0, 0.1) is 10.1 Å². The van der Waals surface area contributed by atoms with Crippen LogP contribution in [0.15, 0.2) is 36.7 Å². The molecule has 0 saturated heterocycles. The highest BCUT2D eigenvalue weighted by Crippen LogP contribution is 2.33. The van der Waals surface area contributed by atoms with Crippen LogP contribution in [0.2, 0.25) is 5.15 Å². The van der Waals surface area contributed by atoms with E-state index in [0.29, 0.717) is 5.75 Å². The second-order valence-electron chi connectivity index (χ2n) is 2.99.